The second kappa shape index (κ2) is 5.40. The monoisotopic (exact) mass is 348 g/mol. The quantitative estimate of drug-likeness (QED) is 0.810. The molecule has 1 N–H and O–H groups in total. The fraction of sp³-hybridized carbons (Fsp3) is 0.133. The van der Waals surface area contributed by atoms with E-state index in [0.717, 1.165) is 16.9 Å². The van der Waals surface area contributed by atoms with Crippen LogP contribution >= 0.6 is 22.6 Å². The average molecular weight is 348 g/mol. The van der Waals surface area contributed by atoms with Crippen LogP contribution in [0.2, 0.25) is 0 Å². The van der Waals surface area contributed by atoms with E-state index < -0.39 is 0 Å². The van der Waals surface area contributed by atoms with E-state index in [4.69, 9.17) is 5.26 Å². The van der Waals surface area contributed by atoms with Crippen LogP contribution in [0.4, 0.5) is 11.4 Å². The number of nitrogens with zero attached hydrogens (tertiary/aromatic N) is 1. The molecule has 90 valence electrons. The Morgan fingerprint density at radius 1 is 1.11 bits per heavy atom. The molecule has 0 aromatic heterocycles. The van der Waals surface area contributed by atoms with E-state index in [1.165, 1.54) is 9.13 Å². The van der Waals surface area contributed by atoms with Gasteiger partial charge in [0.05, 0.1) is 11.3 Å². The number of nitriles is 1. The van der Waals surface area contributed by atoms with Crippen molar-refractivity contribution in [1.29, 1.82) is 5.26 Å². The van der Waals surface area contributed by atoms with Crippen LogP contribution in [0, 0.1) is 28.7 Å². The van der Waals surface area contributed by atoms with Gasteiger partial charge in [0.2, 0.25) is 0 Å². The highest BCUT2D eigenvalue weighted by molar-refractivity contribution is 14.1. The number of halogens is 1. The highest BCUT2D eigenvalue weighted by atomic mass is 127. The predicted octanol–water partition coefficient (Wildman–Crippen LogP) is 4.52. The summed E-state index contributed by atoms with van der Waals surface area (Å²) in [5, 5.41) is 12.5. The van der Waals surface area contributed by atoms with Crippen molar-refractivity contribution in [2.24, 2.45) is 0 Å². The van der Waals surface area contributed by atoms with Gasteiger partial charge in [-0.15, -0.1) is 0 Å². The fourth-order valence-corrected chi connectivity index (χ4v) is 2.28. The van der Waals surface area contributed by atoms with Crippen molar-refractivity contribution in [1.82, 2.24) is 0 Å². The first-order valence-corrected chi connectivity index (χ1v) is 6.72. The van der Waals surface area contributed by atoms with E-state index in [0.29, 0.717) is 5.56 Å². The smallest absolute Gasteiger partial charge is 0.101 e. The van der Waals surface area contributed by atoms with E-state index in [2.05, 4.69) is 59.1 Å². The summed E-state index contributed by atoms with van der Waals surface area (Å²) in [7, 11) is 0. The number of hydrogen-bond acceptors (Lipinski definition) is 2. The van der Waals surface area contributed by atoms with E-state index in [9.17, 15) is 0 Å². The zero-order chi connectivity index (χ0) is 13.1. The summed E-state index contributed by atoms with van der Waals surface area (Å²) < 4.78 is 1.17. The Balaban J connectivity index is 2.46. The van der Waals surface area contributed by atoms with Crippen LogP contribution in [-0.2, 0) is 0 Å². The zero-order valence-corrected chi connectivity index (χ0v) is 12.4. The molecule has 2 aromatic rings. The molecule has 3 heteroatoms. The molecule has 0 saturated carbocycles. The topological polar surface area (TPSA) is 35.8 Å². The largest absolute Gasteiger partial charge is 0.354 e. The SMILES string of the molecule is Cc1ccc(I)cc1Nc1c(C)cccc1C#N. The van der Waals surface area contributed by atoms with Crippen molar-refractivity contribution in [3.63, 3.8) is 0 Å². The Hall–Kier alpha value is -1.54. The Morgan fingerprint density at radius 2 is 1.89 bits per heavy atom. The minimum Gasteiger partial charge on any atom is -0.354 e. The number of nitrogens with one attached hydrogen (secondary N) is 1. The van der Waals surface area contributed by atoms with Gasteiger partial charge >= 0.3 is 0 Å². The van der Waals surface area contributed by atoms with Crippen molar-refractivity contribution >= 4 is 34.0 Å². The molecule has 0 heterocycles. The van der Waals surface area contributed by atoms with Crippen LogP contribution in [0.1, 0.15) is 16.7 Å². The van der Waals surface area contributed by atoms with Gasteiger partial charge in [-0.3, -0.25) is 0 Å². The van der Waals surface area contributed by atoms with Gasteiger partial charge in [0.1, 0.15) is 6.07 Å². The number of anilines is 2. The first-order chi connectivity index (χ1) is 8.61. The van der Waals surface area contributed by atoms with Crippen molar-refractivity contribution in [3.8, 4) is 6.07 Å². The maximum absolute atomic E-state index is 9.15. The van der Waals surface area contributed by atoms with Gasteiger partial charge in [-0.05, 0) is 65.8 Å². The second-order valence-corrected chi connectivity index (χ2v) is 5.44. The Labute approximate surface area is 121 Å². The minimum atomic E-state index is 0.674. The van der Waals surface area contributed by atoms with E-state index in [1.807, 2.05) is 25.1 Å². The van der Waals surface area contributed by atoms with E-state index in [-0.39, 0.29) is 0 Å². The molecular weight excluding hydrogens is 335 g/mol. The van der Waals surface area contributed by atoms with Gasteiger partial charge in [0.15, 0.2) is 0 Å². The molecule has 0 aliphatic rings. The van der Waals surface area contributed by atoms with Crippen LogP contribution in [0.3, 0.4) is 0 Å². The van der Waals surface area contributed by atoms with Crippen molar-refractivity contribution < 1.29 is 0 Å². The first kappa shape index (κ1) is 12.9. The van der Waals surface area contributed by atoms with Crippen LogP contribution in [0.5, 0.6) is 0 Å². The molecule has 0 radical (unpaired) electrons. The van der Waals surface area contributed by atoms with Crippen LogP contribution in [-0.4, -0.2) is 0 Å². The average Bonchev–Trinajstić information content (AvgIpc) is 2.36. The highest BCUT2D eigenvalue weighted by Gasteiger charge is 2.07. The molecule has 0 spiro atoms. The Bertz CT molecular complexity index is 627. The van der Waals surface area contributed by atoms with Gasteiger partial charge in [-0.25, -0.2) is 0 Å². The number of rotatable bonds is 2. The Morgan fingerprint density at radius 3 is 2.61 bits per heavy atom. The third kappa shape index (κ3) is 2.65. The summed E-state index contributed by atoms with van der Waals surface area (Å²) in [6, 6.07) is 14.2. The number of para-hydroxylation sites is 1. The third-order valence-corrected chi connectivity index (χ3v) is 3.52. The third-order valence-electron chi connectivity index (χ3n) is 2.85. The van der Waals surface area contributed by atoms with Gasteiger partial charge < -0.3 is 5.32 Å². The lowest BCUT2D eigenvalue weighted by molar-refractivity contribution is 1.36. The molecule has 2 aromatic carbocycles. The second-order valence-electron chi connectivity index (χ2n) is 4.19. The summed E-state index contributed by atoms with van der Waals surface area (Å²) in [5.41, 5.74) is 4.86. The van der Waals surface area contributed by atoms with Gasteiger partial charge in [0, 0.05) is 9.26 Å². The lowest BCUT2D eigenvalue weighted by Gasteiger charge is -2.13. The summed E-state index contributed by atoms with van der Waals surface area (Å²) in [4.78, 5) is 0. The molecule has 0 saturated heterocycles. The molecule has 0 fully saturated rings. The van der Waals surface area contributed by atoms with Crippen molar-refractivity contribution in [3.05, 3.63) is 56.7 Å². The first-order valence-electron chi connectivity index (χ1n) is 5.64. The maximum Gasteiger partial charge on any atom is 0.101 e. The van der Waals surface area contributed by atoms with Crippen LogP contribution < -0.4 is 5.32 Å². The standard InChI is InChI=1S/C15H13IN2/c1-10-6-7-13(16)8-14(10)18-15-11(2)4-3-5-12(15)9-17/h3-8,18H,1-2H3. The maximum atomic E-state index is 9.15. The lowest BCUT2D eigenvalue weighted by atomic mass is 10.1. The van der Waals surface area contributed by atoms with Crippen molar-refractivity contribution in [2.75, 3.05) is 5.32 Å². The molecule has 0 bridgehead atoms. The minimum absolute atomic E-state index is 0.674. The fourth-order valence-electron chi connectivity index (χ4n) is 1.79. The molecule has 2 rings (SSSR count). The molecule has 0 aliphatic carbocycles. The normalized spacial score (nSPS) is 9.89. The lowest BCUT2D eigenvalue weighted by Crippen LogP contribution is -1.98. The summed E-state index contributed by atoms with van der Waals surface area (Å²) in [5.74, 6) is 0. The Kier molecular flexibility index (Phi) is 3.87. The van der Waals surface area contributed by atoms with E-state index >= 15 is 0 Å². The van der Waals surface area contributed by atoms with Gasteiger partial charge in [0.25, 0.3) is 0 Å². The van der Waals surface area contributed by atoms with Crippen LogP contribution in [0.25, 0.3) is 0 Å². The van der Waals surface area contributed by atoms with Crippen LogP contribution in [0.15, 0.2) is 36.4 Å². The van der Waals surface area contributed by atoms with Crippen molar-refractivity contribution in [2.45, 2.75) is 13.8 Å². The molecule has 0 amide bonds. The predicted molar refractivity (Wildman–Crippen MR) is 83.1 cm³/mol. The van der Waals surface area contributed by atoms with E-state index in [1.54, 1.807) is 0 Å². The summed E-state index contributed by atoms with van der Waals surface area (Å²) >= 11 is 2.29. The van der Waals surface area contributed by atoms with Gasteiger partial charge in [-0.1, -0.05) is 18.2 Å². The zero-order valence-electron chi connectivity index (χ0n) is 10.3. The highest BCUT2D eigenvalue weighted by Crippen LogP contribution is 2.27. The molecule has 0 aliphatic heterocycles. The molecular formula is C15H13IN2. The number of hydrogen-bond donors (Lipinski definition) is 1. The number of aryl methyl sites for hydroxylation is 2. The molecule has 2 nitrogen and oxygen atoms in total. The number of benzene rings is 2. The molecule has 0 unspecified atom stereocenters. The molecule has 0 atom stereocenters. The summed E-state index contributed by atoms with van der Waals surface area (Å²) in [6.07, 6.45) is 0. The van der Waals surface area contributed by atoms with Gasteiger partial charge in [-0.2, -0.15) is 5.26 Å². The molecule has 18 heavy (non-hydrogen) atoms. The summed E-state index contributed by atoms with van der Waals surface area (Å²) in [6.45, 7) is 4.06.